The maximum Gasteiger partial charge on any atom is 0.317 e. The summed E-state index contributed by atoms with van der Waals surface area (Å²) in [5.74, 6) is -1.65. The van der Waals surface area contributed by atoms with Crippen LogP contribution in [0, 0.1) is 11.8 Å². The molecule has 1 aliphatic heterocycles. The second kappa shape index (κ2) is 11.4. The van der Waals surface area contributed by atoms with E-state index in [9.17, 15) is 18.0 Å². The highest BCUT2D eigenvalue weighted by Crippen LogP contribution is 2.50. The first kappa shape index (κ1) is 27.3. The van der Waals surface area contributed by atoms with Crippen LogP contribution in [0.4, 0.5) is 0 Å². The Morgan fingerprint density at radius 1 is 0.949 bits per heavy atom. The zero-order chi connectivity index (χ0) is 27.5. The summed E-state index contributed by atoms with van der Waals surface area (Å²) >= 11 is 0. The number of esters is 1. The number of hydrogen-bond donors (Lipinski definition) is 0. The van der Waals surface area contributed by atoms with Gasteiger partial charge in [-0.3, -0.25) is 9.59 Å². The van der Waals surface area contributed by atoms with Gasteiger partial charge in [0.2, 0.25) is 0 Å². The zero-order valence-electron chi connectivity index (χ0n) is 22.3. The van der Waals surface area contributed by atoms with Crippen LogP contribution < -0.4 is 0 Å². The largest absolute Gasteiger partial charge is 0.458 e. The first-order valence-electron chi connectivity index (χ1n) is 13.8. The van der Waals surface area contributed by atoms with Crippen molar-refractivity contribution in [3.63, 3.8) is 0 Å². The fraction of sp³-hybridized carbons (Fsp3) is 0.406. The predicted octanol–water partition coefficient (Wildman–Crippen LogP) is 5.85. The molecular formula is C32H35NO5S. The minimum Gasteiger partial charge on any atom is -0.458 e. The molecule has 6 nitrogen and oxygen atoms in total. The highest BCUT2D eigenvalue weighted by Gasteiger charge is 2.52. The third kappa shape index (κ3) is 6.30. The van der Waals surface area contributed by atoms with Gasteiger partial charge in [-0.2, -0.15) is 0 Å². The minimum atomic E-state index is -3.63. The van der Waals surface area contributed by atoms with Crippen LogP contribution in [-0.2, 0) is 36.3 Å². The van der Waals surface area contributed by atoms with Crippen LogP contribution >= 0.6 is 0 Å². The van der Waals surface area contributed by atoms with Crippen molar-refractivity contribution in [3.8, 4) is 0 Å². The fourth-order valence-corrected chi connectivity index (χ4v) is 7.28. The van der Waals surface area contributed by atoms with E-state index in [2.05, 4.69) is 17.1 Å². The summed E-state index contributed by atoms with van der Waals surface area (Å²) < 4.78 is 32.1. The maximum absolute atomic E-state index is 13.7. The number of carbonyl (C=O) groups is 2. The van der Waals surface area contributed by atoms with Crippen molar-refractivity contribution in [2.75, 3.05) is 0 Å². The molecule has 204 valence electrons. The molecule has 1 aromatic heterocycles. The Morgan fingerprint density at radius 3 is 2.36 bits per heavy atom. The average molecular weight is 546 g/mol. The molecule has 2 heterocycles. The predicted molar refractivity (Wildman–Crippen MR) is 149 cm³/mol. The van der Waals surface area contributed by atoms with E-state index < -0.39 is 27.3 Å². The highest BCUT2D eigenvalue weighted by molar-refractivity contribution is 7.90. The van der Waals surface area contributed by atoms with Crippen molar-refractivity contribution in [3.05, 3.63) is 95.7 Å². The minimum absolute atomic E-state index is 0.0305. The Kier molecular flexibility index (Phi) is 7.98. The summed E-state index contributed by atoms with van der Waals surface area (Å²) in [4.78, 5) is 31.4. The normalized spacial score (nSPS) is 22.3. The molecule has 0 N–H and O–H groups in total. The fourth-order valence-electron chi connectivity index (χ4n) is 6.00. The summed E-state index contributed by atoms with van der Waals surface area (Å²) in [5.41, 5.74) is 1.83. The van der Waals surface area contributed by atoms with Crippen LogP contribution in [0.3, 0.4) is 0 Å². The summed E-state index contributed by atoms with van der Waals surface area (Å²) in [6, 6.07) is 22.2. The van der Waals surface area contributed by atoms with E-state index in [1.165, 1.54) is 12.3 Å². The van der Waals surface area contributed by atoms with Gasteiger partial charge in [-0.25, -0.2) is 13.4 Å². The highest BCUT2D eigenvalue weighted by atomic mass is 32.2. The monoisotopic (exact) mass is 545 g/mol. The number of cyclic esters (lactones) is 1. The van der Waals surface area contributed by atoms with Crippen molar-refractivity contribution in [1.29, 1.82) is 0 Å². The lowest BCUT2D eigenvalue weighted by molar-refractivity contribution is -0.180. The van der Waals surface area contributed by atoms with Gasteiger partial charge in [0, 0.05) is 18.5 Å². The number of carbonyl (C=O) groups excluding carboxylic acids is 2. The number of aryl methyl sites for hydroxylation is 1. The number of aromatic nitrogens is 1. The Hall–Kier alpha value is -3.32. The van der Waals surface area contributed by atoms with Crippen LogP contribution in [0.5, 0.6) is 0 Å². The number of Topliss-reactive ketones (excluding diaryl/α,β-unsaturated/α-hetero) is 1. The molecule has 0 bridgehead atoms. The number of hydrogen-bond acceptors (Lipinski definition) is 6. The van der Waals surface area contributed by atoms with E-state index >= 15 is 0 Å². The molecular weight excluding hydrogens is 510 g/mol. The summed E-state index contributed by atoms with van der Waals surface area (Å²) in [7, 11) is -3.63. The third-order valence-electron chi connectivity index (χ3n) is 7.97. The Labute approximate surface area is 230 Å². The number of rotatable bonds is 11. The van der Waals surface area contributed by atoms with E-state index in [1.807, 2.05) is 43.3 Å². The second-order valence-electron chi connectivity index (χ2n) is 11.0. The van der Waals surface area contributed by atoms with Gasteiger partial charge in [0.05, 0.1) is 5.75 Å². The Bertz CT molecular complexity index is 1400. The van der Waals surface area contributed by atoms with Gasteiger partial charge in [-0.15, -0.1) is 0 Å². The molecule has 5 rings (SSSR count). The van der Waals surface area contributed by atoms with Crippen molar-refractivity contribution >= 4 is 21.6 Å². The Morgan fingerprint density at radius 2 is 1.69 bits per heavy atom. The maximum atomic E-state index is 13.7. The number of pyridine rings is 1. The average Bonchev–Trinajstić information content (AvgIpc) is 3.76. The van der Waals surface area contributed by atoms with Gasteiger partial charge in [-0.1, -0.05) is 74.0 Å². The van der Waals surface area contributed by atoms with Gasteiger partial charge in [0.25, 0.3) is 0 Å². The molecule has 0 amide bonds. The molecule has 1 saturated carbocycles. The third-order valence-corrected chi connectivity index (χ3v) is 9.56. The number of sulfone groups is 1. The molecule has 2 aromatic carbocycles. The SMILES string of the molecule is CCCC1(CCc2ccccc2)CC(=O)C(C(c2cccc(CS(=O)(=O)c3ccccn3)c2)C2CC2)C(=O)O1. The van der Waals surface area contributed by atoms with E-state index in [0.29, 0.717) is 18.4 Å². The van der Waals surface area contributed by atoms with Crippen molar-refractivity contribution < 1.29 is 22.7 Å². The van der Waals surface area contributed by atoms with Gasteiger partial charge in [-0.05, 0) is 66.8 Å². The molecule has 1 saturated heterocycles. The number of ether oxygens (including phenoxy) is 1. The lowest BCUT2D eigenvalue weighted by Crippen LogP contribution is -2.49. The summed E-state index contributed by atoms with van der Waals surface area (Å²) in [6.45, 7) is 2.05. The van der Waals surface area contributed by atoms with E-state index in [-0.39, 0.29) is 34.8 Å². The quantitative estimate of drug-likeness (QED) is 0.222. The van der Waals surface area contributed by atoms with Gasteiger partial charge in [0.15, 0.2) is 20.6 Å². The van der Waals surface area contributed by atoms with Crippen LogP contribution in [0.15, 0.2) is 84.0 Å². The van der Waals surface area contributed by atoms with Crippen LogP contribution in [0.25, 0.3) is 0 Å². The molecule has 39 heavy (non-hydrogen) atoms. The number of ketones is 1. The topological polar surface area (TPSA) is 90.4 Å². The van der Waals surface area contributed by atoms with Crippen molar-refractivity contribution in [2.45, 2.75) is 74.2 Å². The first-order chi connectivity index (χ1) is 18.8. The molecule has 2 aliphatic rings. The smallest absolute Gasteiger partial charge is 0.317 e. The van der Waals surface area contributed by atoms with Crippen molar-refractivity contribution in [1.82, 2.24) is 4.98 Å². The molecule has 3 unspecified atom stereocenters. The van der Waals surface area contributed by atoms with Gasteiger partial charge in [0.1, 0.15) is 11.5 Å². The van der Waals surface area contributed by atoms with E-state index in [0.717, 1.165) is 36.8 Å². The molecule has 0 spiro atoms. The number of nitrogens with zero attached hydrogens (tertiary/aromatic N) is 1. The Balaban J connectivity index is 1.37. The van der Waals surface area contributed by atoms with Crippen molar-refractivity contribution in [2.24, 2.45) is 11.8 Å². The van der Waals surface area contributed by atoms with Gasteiger partial charge >= 0.3 is 5.97 Å². The van der Waals surface area contributed by atoms with E-state index in [1.54, 1.807) is 18.2 Å². The van der Waals surface area contributed by atoms with E-state index in [4.69, 9.17) is 4.74 Å². The molecule has 7 heteroatoms. The molecule has 3 atom stereocenters. The molecule has 1 aliphatic carbocycles. The standard InChI is InChI=1S/C32H35NO5S/c1-2-17-32(18-16-23-9-4-3-5-10-23)21-27(34)30(31(35)38-32)29(25-14-15-25)26-12-8-11-24(20-26)22-39(36,37)28-13-6-7-19-33-28/h3-13,19-20,25,29-30H,2,14-18,21-22H2,1H3. The first-order valence-corrected chi connectivity index (χ1v) is 15.5. The van der Waals surface area contributed by atoms with Gasteiger partial charge < -0.3 is 4.74 Å². The van der Waals surface area contributed by atoms with Crippen LogP contribution in [0.2, 0.25) is 0 Å². The van der Waals surface area contributed by atoms with Crippen LogP contribution in [0.1, 0.15) is 68.1 Å². The lowest BCUT2D eigenvalue weighted by Gasteiger charge is -2.41. The molecule has 3 aromatic rings. The number of benzene rings is 2. The zero-order valence-corrected chi connectivity index (χ0v) is 23.1. The molecule has 0 radical (unpaired) electrons. The summed E-state index contributed by atoms with van der Waals surface area (Å²) in [5, 5.41) is 0.0305. The molecule has 2 fully saturated rings. The summed E-state index contributed by atoms with van der Waals surface area (Å²) in [6.07, 6.45) is 6.39. The lowest BCUT2D eigenvalue weighted by atomic mass is 9.73. The van der Waals surface area contributed by atoms with Crippen LogP contribution in [-0.4, -0.2) is 30.8 Å². The second-order valence-corrected chi connectivity index (χ2v) is 12.9.